The molecule has 1 fully saturated rings. The van der Waals surface area contributed by atoms with E-state index in [1.165, 1.54) is 0 Å². The van der Waals surface area contributed by atoms with Crippen LogP contribution < -0.4 is 10.6 Å². The molecule has 8 heteroatoms. The Morgan fingerprint density at radius 3 is 2.76 bits per heavy atom. The molecule has 1 aliphatic rings. The summed E-state index contributed by atoms with van der Waals surface area (Å²) in [4.78, 5) is 11.4. The molecule has 1 aliphatic heterocycles. The van der Waals surface area contributed by atoms with Crippen molar-refractivity contribution in [1.29, 1.82) is 0 Å². The summed E-state index contributed by atoms with van der Waals surface area (Å²) in [5.74, 6) is 0.692. The minimum absolute atomic E-state index is 0. The molecule has 0 radical (unpaired) electrons. The van der Waals surface area contributed by atoms with E-state index >= 15 is 0 Å². The lowest BCUT2D eigenvalue weighted by Crippen LogP contribution is -2.52. The number of ether oxygens (including phenoxy) is 1. The van der Waals surface area contributed by atoms with E-state index in [9.17, 15) is 5.11 Å². The predicted octanol–water partition coefficient (Wildman–Crippen LogP) is 1.99. The van der Waals surface area contributed by atoms with E-state index in [0.29, 0.717) is 25.6 Å². The topological polar surface area (TPSA) is 82.0 Å². The first-order valence-electron chi connectivity index (χ1n) is 9.95. The number of nitrogens with zero attached hydrogens (tertiary/aromatic N) is 3. The highest BCUT2D eigenvalue weighted by molar-refractivity contribution is 14.0. The molecule has 2 aromatic rings. The van der Waals surface area contributed by atoms with Crippen LogP contribution in [0.1, 0.15) is 19.4 Å². The lowest BCUT2D eigenvalue weighted by Gasteiger charge is -2.34. The maximum atomic E-state index is 10.8. The van der Waals surface area contributed by atoms with Gasteiger partial charge in [0.2, 0.25) is 0 Å². The average Bonchev–Trinajstić information content (AvgIpc) is 2.70. The zero-order valence-electron chi connectivity index (χ0n) is 17.2. The number of aromatic nitrogens is 1. The van der Waals surface area contributed by atoms with Crippen molar-refractivity contribution in [3.63, 3.8) is 0 Å². The van der Waals surface area contributed by atoms with Crippen LogP contribution in [0.15, 0.2) is 41.5 Å². The zero-order chi connectivity index (χ0) is 19.8. The molecule has 0 saturated carbocycles. The van der Waals surface area contributed by atoms with Gasteiger partial charge < -0.3 is 20.5 Å². The van der Waals surface area contributed by atoms with Crippen molar-refractivity contribution >= 4 is 40.8 Å². The number of fused-ring (bicyclic) bond motifs is 1. The fourth-order valence-electron chi connectivity index (χ4n) is 3.37. The Balaban J connectivity index is 0.00000300. The first kappa shape index (κ1) is 23.8. The van der Waals surface area contributed by atoms with E-state index in [1.54, 1.807) is 0 Å². The fourth-order valence-corrected chi connectivity index (χ4v) is 3.37. The summed E-state index contributed by atoms with van der Waals surface area (Å²) in [5, 5.41) is 18.4. The van der Waals surface area contributed by atoms with Crippen LogP contribution in [0.4, 0.5) is 0 Å². The Hall–Kier alpha value is -1.49. The van der Waals surface area contributed by atoms with E-state index in [2.05, 4.69) is 38.7 Å². The number of hydrogen-bond acceptors (Lipinski definition) is 5. The first-order valence-corrected chi connectivity index (χ1v) is 9.95. The molecule has 1 atom stereocenters. The number of β-amino-alcohol motifs (C(OH)–C–C–N with tert-alkyl or cyclic N) is 1. The Bertz CT molecular complexity index is 788. The van der Waals surface area contributed by atoms with Gasteiger partial charge in [-0.15, -0.1) is 24.0 Å². The third-order valence-electron chi connectivity index (χ3n) is 4.77. The maximum Gasteiger partial charge on any atom is 0.191 e. The maximum absolute atomic E-state index is 10.8. The normalized spacial score (nSPS) is 17.4. The van der Waals surface area contributed by atoms with Gasteiger partial charge in [-0.25, -0.2) is 4.99 Å². The molecule has 2 heterocycles. The zero-order valence-corrected chi connectivity index (χ0v) is 19.6. The Labute approximate surface area is 190 Å². The molecule has 7 nitrogen and oxygen atoms in total. The fraction of sp³-hybridized carbons (Fsp3) is 0.524. The van der Waals surface area contributed by atoms with Crippen molar-refractivity contribution < 1.29 is 9.84 Å². The third kappa shape index (κ3) is 7.36. The number of guanidine groups is 1. The predicted molar refractivity (Wildman–Crippen MR) is 128 cm³/mol. The van der Waals surface area contributed by atoms with Crippen LogP contribution in [0.2, 0.25) is 0 Å². The van der Waals surface area contributed by atoms with Crippen molar-refractivity contribution in [3.05, 3.63) is 42.1 Å². The number of benzene rings is 1. The number of hydrogen-bond donors (Lipinski definition) is 3. The quantitative estimate of drug-likeness (QED) is 0.299. The number of morpholine rings is 1. The van der Waals surface area contributed by atoms with Gasteiger partial charge in [0.05, 0.1) is 30.9 Å². The third-order valence-corrected chi connectivity index (χ3v) is 4.77. The number of halogens is 1. The second-order valence-electron chi connectivity index (χ2n) is 7.43. The van der Waals surface area contributed by atoms with E-state index < -0.39 is 5.60 Å². The first-order chi connectivity index (χ1) is 13.6. The molecule has 1 saturated heterocycles. The monoisotopic (exact) mass is 513 g/mol. The molecule has 1 unspecified atom stereocenters. The number of nitrogens with one attached hydrogen (secondary N) is 2. The van der Waals surface area contributed by atoms with Crippen LogP contribution in [0, 0.1) is 0 Å². The molecule has 0 bridgehead atoms. The molecule has 3 N–H and O–H groups in total. The van der Waals surface area contributed by atoms with Crippen LogP contribution in [0.25, 0.3) is 10.9 Å². The Morgan fingerprint density at radius 1 is 1.24 bits per heavy atom. The summed E-state index contributed by atoms with van der Waals surface area (Å²) < 4.78 is 5.38. The van der Waals surface area contributed by atoms with Gasteiger partial charge in [-0.2, -0.15) is 0 Å². The molecule has 3 rings (SSSR count). The molecule has 29 heavy (non-hydrogen) atoms. The van der Waals surface area contributed by atoms with Crippen LogP contribution >= 0.6 is 24.0 Å². The summed E-state index contributed by atoms with van der Waals surface area (Å²) in [6, 6.07) is 10.1. The molecular weight excluding hydrogens is 481 g/mol. The van der Waals surface area contributed by atoms with E-state index in [-0.39, 0.29) is 24.0 Å². The number of pyridine rings is 1. The van der Waals surface area contributed by atoms with Gasteiger partial charge in [0, 0.05) is 44.3 Å². The molecule has 0 spiro atoms. The summed E-state index contributed by atoms with van der Waals surface area (Å²) in [7, 11) is 0. The van der Waals surface area contributed by atoms with Crippen molar-refractivity contribution in [2.45, 2.75) is 26.0 Å². The number of aliphatic hydroxyl groups is 1. The van der Waals surface area contributed by atoms with Crippen LogP contribution in [-0.4, -0.2) is 72.5 Å². The van der Waals surface area contributed by atoms with Crippen LogP contribution in [0.3, 0.4) is 0 Å². The van der Waals surface area contributed by atoms with Gasteiger partial charge in [0.15, 0.2) is 5.96 Å². The number of aliphatic imine (C=N–C) groups is 1. The highest BCUT2D eigenvalue weighted by Gasteiger charge is 2.25. The highest BCUT2D eigenvalue weighted by atomic mass is 127. The summed E-state index contributed by atoms with van der Waals surface area (Å²) in [5.41, 5.74) is 1.20. The molecule has 0 aliphatic carbocycles. The van der Waals surface area contributed by atoms with E-state index in [4.69, 9.17) is 9.73 Å². The Morgan fingerprint density at radius 2 is 2.00 bits per heavy atom. The summed E-state index contributed by atoms with van der Waals surface area (Å²) in [6.45, 7) is 9.37. The molecule has 160 valence electrons. The van der Waals surface area contributed by atoms with E-state index in [0.717, 1.165) is 49.3 Å². The number of para-hydroxylation sites is 1. The van der Waals surface area contributed by atoms with Crippen LogP contribution in [0.5, 0.6) is 0 Å². The average molecular weight is 513 g/mol. The SMILES string of the molecule is CCNC(=NCc1cccc2cccnc12)NCC(C)(O)CN1CCOCC1.I. The molecule has 1 aromatic heterocycles. The van der Waals surface area contributed by atoms with Gasteiger partial charge in [-0.3, -0.25) is 9.88 Å². The smallest absolute Gasteiger partial charge is 0.191 e. The second kappa shape index (κ2) is 11.6. The van der Waals surface area contributed by atoms with Gasteiger partial charge in [-0.1, -0.05) is 24.3 Å². The second-order valence-corrected chi connectivity index (χ2v) is 7.43. The minimum atomic E-state index is -0.853. The standard InChI is InChI=1S/C21H31N5O2.HI/c1-3-22-20(25-15-21(2,27)16-26-10-12-28-13-11-26)24-14-18-7-4-6-17-8-5-9-23-19(17)18;/h4-9,27H,3,10-16H2,1-2H3,(H2,22,24,25);1H. The largest absolute Gasteiger partial charge is 0.387 e. The highest BCUT2D eigenvalue weighted by Crippen LogP contribution is 2.16. The number of rotatable bonds is 7. The van der Waals surface area contributed by atoms with Crippen molar-refractivity contribution in [1.82, 2.24) is 20.5 Å². The Kier molecular flexibility index (Phi) is 9.54. The van der Waals surface area contributed by atoms with Crippen molar-refractivity contribution in [3.8, 4) is 0 Å². The van der Waals surface area contributed by atoms with E-state index in [1.807, 2.05) is 32.2 Å². The summed E-state index contributed by atoms with van der Waals surface area (Å²) >= 11 is 0. The van der Waals surface area contributed by atoms with Crippen molar-refractivity contribution in [2.24, 2.45) is 4.99 Å². The van der Waals surface area contributed by atoms with Gasteiger partial charge in [0.1, 0.15) is 0 Å². The molecule has 1 aromatic carbocycles. The molecular formula is C21H32IN5O2. The van der Waals surface area contributed by atoms with Gasteiger partial charge in [0.25, 0.3) is 0 Å². The van der Waals surface area contributed by atoms with Gasteiger partial charge in [-0.05, 0) is 25.5 Å². The lowest BCUT2D eigenvalue weighted by molar-refractivity contribution is -0.0201. The van der Waals surface area contributed by atoms with Gasteiger partial charge >= 0.3 is 0 Å². The lowest BCUT2D eigenvalue weighted by atomic mass is 10.1. The van der Waals surface area contributed by atoms with Crippen molar-refractivity contribution in [2.75, 3.05) is 45.9 Å². The summed E-state index contributed by atoms with van der Waals surface area (Å²) in [6.07, 6.45) is 1.81. The molecule has 0 amide bonds. The van der Waals surface area contributed by atoms with Crippen LogP contribution in [-0.2, 0) is 11.3 Å². The minimum Gasteiger partial charge on any atom is -0.387 e.